The summed E-state index contributed by atoms with van der Waals surface area (Å²) in [5, 5.41) is 50.5. The molecule has 0 aliphatic carbocycles. The Kier molecular flexibility index (Phi) is 4.96. The molecule has 2 rings (SSSR count). The average molecular weight is 302 g/mol. The second-order valence-corrected chi connectivity index (χ2v) is 4.62. The van der Waals surface area contributed by atoms with E-state index in [0.717, 1.165) is 0 Å². The van der Waals surface area contributed by atoms with Gasteiger partial charge in [0.15, 0.2) is 11.9 Å². The molecule has 9 nitrogen and oxygen atoms in total. The number of rotatable bonds is 5. The number of aliphatic hydroxyl groups is 3. The number of nitrogens with one attached hydrogen (secondary N) is 2. The molecule has 21 heavy (non-hydrogen) atoms. The molecule has 1 aliphatic rings. The number of methoxy groups -OCH3 is 1. The van der Waals surface area contributed by atoms with E-state index in [4.69, 9.17) is 14.6 Å². The van der Waals surface area contributed by atoms with E-state index < -0.39 is 36.4 Å². The summed E-state index contributed by atoms with van der Waals surface area (Å²) in [6.07, 6.45) is -4.49. The number of hydrogen-bond acceptors (Lipinski definition) is 8. The number of ether oxygens (including phenoxy) is 2. The van der Waals surface area contributed by atoms with Gasteiger partial charge in [-0.2, -0.15) is 5.23 Å². The average Bonchev–Trinajstić information content (AvgIpc) is 2.75. The highest BCUT2D eigenvalue weighted by molar-refractivity contribution is 5.64. The van der Waals surface area contributed by atoms with Crippen LogP contribution >= 0.6 is 0 Å². The Hall–Kier alpha value is -1.46. The second-order valence-electron chi connectivity index (χ2n) is 4.62. The van der Waals surface area contributed by atoms with Crippen molar-refractivity contribution in [3.05, 3.63) is 23.4 Å². The molecule has 5 atom stereocenters. The zero-order chi connectivity index (χ0) is 15.6. The normalized spacial score (nSPS) is 30.2. The Labute approximate surface area is 120 Å². The fourth-order valence-electron chi connectivity index (χ4n) is 2.13. The molecule has 6 N–H and O–H groups in total. The topological polar surface area (TPSA) is 139 Å². The highest BCUT2D eigenvalue weighted by atomic mass is 16.8. The molecule has 0 radical (unpaired) electrons. The summed E-state index contributed by atoms with van der Waals surface area (Å²) < 4.78 is 10.2. The van der Waals surface area contributed by atoms with E-state index >= 15 is 0 Å². The molecule has 0 amide bonds. The molecule has 1 saturated heterocycles. The maximum atomic E-state index is 11.2. The number of quaternary nitrogens is 1. The molecule has 9 heteroatoms. The summed E-state index contributed by atoms with van der Waals surface area (Å²) in [4.78, 5) is 0. The van der Waals surface area contributed by atoms with Crippen molar-refractivity contribution in [3.63, 3.8) is 0 Å². The van der Waals surface area contributed by atoms with Gasteiger partial charge in [-0.1, -0.05) is 0 Å². The SMILES string of the molecule is COc1ccc(N[C@H]2O[C@H](CO)[C@@H](O)[C@@H]2O)c([NH+]([O-])O)c1. The van der Waals surface area contributed by atoms with Gasteiger partial charge in [0.2, 0.25) is 0 Å². The first-order valence-corrected chi connectivity index (χ1v) is 6.28. The van der Waals surface area contributed by atoms with Crippen LogP contribution < -0.4 is 15.3 Å². The van der Waals surface area contributed by atoms with Crippen LogP contribution in [0.25, 0.3) is 0 Å². The number of benzene rings is 1. The van der Waals surface area contributed by atoms with Gasteiger partial charge in [0, 0.05) is 6.07 Å². The Bertz CT molecular complexity index is 485. The first-order chi connectivity index (χ1) is 9.97. The predicted octanol–water partition coefficient (Wildman–Crippen LogP) is -2.05. The Morgan fingerprint density at radius 2 is 2.10 bits per heavy atom. The summed E-state index contributed by atoms with van der Waals surface area (Å²) in [5.41, 5.74) is 0.144. The van der Waals surface area contributed by atoms with Crippen molar-refractivity contribution in [1.29, 1.82) is 0 Å². The van der Waals surface area contributed by atoms with E-state index in [9.17, 15) is 20.6 Å². The summed E-state index contributed by atoms with van der Waals surface area (Å²) in [6, 6.07) is 4.35. The van der Waals surface area contributed by atoms with Crippen molar-refractivity contribution >= 4 is 11.4 Å². The van der Waals surface area contributed by atoms with Crippen LogP contribution in [0.1, 0.15) is 0 Å². The van der Waals surface area contributed by atoms with Crippen LogP contribution in [0.3, 0.4) is 0 Å². The van der Waals surface area contributed by atoms with Crippen molar-refractivity contribution < 1.29 is 35.2 Å². The third-order valence-electron chi connectivity index (χ3n) is 3.30. The van der Waals surface area contributed by atoms with Crippen molar-refractivity contribution in [2.24, 2.45) is 0 Å². The molecular weight excluding hydrogens is 284 g/mol. The lowest BCUT2D eigenvalue weighted by Crippen LogP contribution is -2.99. The fraction of sp³-hybridized carbons (Fsp3) is 0.500. The lowest BCUT2D eigenvalue weighted by atomic mass is 10.1. The molecule has 1 heterocycles. The Balaban J connectivity index is 2.20. The highest BCUT2D eigenvalue weighted by Crippen LogP contribution is 2.28. The van der Waals surface area contributed by atoms with E-state index in [1.165, 1.54) is 19.2 Å². The summed E-state index contributed by atoms with van der Waals surface area (Å²) in [7, 11) is 1.42. The molecule has 118 valence electrons. The van der Waals surface area contributed by atoms with Crippen molar-refractivity contribution in [2.75, 3.05) is 19.0 Å². The summed E-state index contributed by atoms with van der Waals surface area (Å²) in [5.74, 6) is 0.374. The van der Waals surface area contributed by atoms with Crippen molar-refractivity contribution in [1.82, 2.24) is 0 Å². The first-order valence-electron chi connectivity index (χ1n) is 6.28. The monoisotopic (exact) mass is 302 g/mol. The van der Waals surface area contributed by atoms with Crippen molar-refractivity contribution in [2.45, 2.75) is 24.5 Å². The molecule has 1 unspecified atom stereocenters. The van der Waals surface area contributed by atoms with Crippen LogP contribution in [0.2, 0.25) is 0 Å². The van der Waals surface area contributed by atoms with E-state index in [1.807, 2.05) is 0 Å². The van der Waals surface area contributed by atoms with Gasteiger partial charge in [0.05, 0.1) is 13.7 Å². The minimum absolute atomic E-state index is 0.0629. The molecule has 0 spiro atoms. The first kappa shape index (κ1) is 15.9. The van der Waals surface area contributed by atoms with Gasteiger partial charge >= 0.3 is 0 Å². The summed E-state index contributed by atoms with van der Waals surface area (Å²) >= 11 is 0. The van der Waals surface area contributed by atoms with Crippen LogP contribution in [0.5, 0.6) is 5.75 Å². The molecule has 0 aromatic heterocycles. The second kappa shape index (κ2) is 6.54. The standard InChI is InChI=1S/C12H18N2O7/c1-20-6-2-3-7(8(4-6)14(18)19)13-12-11(17)10(16)9(5-15)21-12/h2-4,9-18H,5H2,1H3/t9-,10-,11+,12+/m1/s1. The minimum atomic E-state index is -1.29. The molecule has 1 aromatic carbocycles. The zero-order valence-electron chi connectivity index (χ0n) is 11.3. The van der Waals surface area contributed by atoms with E-state index in [2.05, 4.69) is 5.32 Å². The quantitative estimate of drug-likeness (QED) is 0.342. The summed E-state index contributed by atoms with van der Waals surface area (Å²) in [6.45, 7) is -0.454. The Morgan fingerprint density at radius 1 is 1.38 bits per heavy atom. The third kappa shape index (κ3) is 3.24. The molecule has 1 fully saturated rings. The molecule has 1 aliphatic heterocycles. The van der Waals surface area contributed by atoms with Crippen LogP contribution in [0, 0.1) is 5.21 Å². The van der Waals surface area contributed by atoms with Gasteiger partial charge in [-0.05, 0) is 12.1 Å². The van der Waals surface area contributed by atoms with Gasteiger partial charge in [0.25, 0.3) is 0 Å². The Morgan fingerprint density at radius 3 is 2.62 bits per heavy atom. The predicted molar refractivity (Wildman–Crippen MR) is 70.2 cm³/mol. The lowest BCUT2D eigenvalue weighted by molar-refractivity contribution is -0.990. The lowest BCUT2D eigenvalue weighted by Gasteiger charge is -2.22. The van der Waals surface area contributed by atoms with E-state index in [0.29, 0.717) is 5.75 Å². The minimum Gasteiger partial charge on any atom is -0.595 e. The largest absolute Gasteiger partial charge is 0.595 e. The number of aliphatic hydroxyl groups excluding tert-OH is 3. The zero-order valence-corrected chi connectivity index (χ0v) is 11.3. The van der Waals surface area contributed by atoms with Gasteiger partial charge in [-0.15, -0.1) is 0 Å². The van der Waals surface area contributed by atoms with E-state index in [1.54, 1.807) is 6.07 Å². The van der Waals surface area contributed by atoms with Gasteiger partial charge in [-0.25, -0.2) is 5.21 Å². The molecule has 0 saturated carbocycles. The van der Waals surface area contributed by atoms with Crippen LogP contribution in [0.15, 0.2) is 18.2 Å². The van der Waals surface area contributed by atoms with Gasteiger partial charge < -0.3 is 35.3 Å². The van der Waals surface area contributed by atoms with Gasteiger partial charge in [0.1, 0.15) is 29.7 Å². The highest BCUT2D eigenvalue weighted by Gasteiger charge is 2.42. The number of anilines is 1. The smallest absolute Gasteiger partial charge is 0.190 e. The number of hydrogen-bond donors (Lipinski definition) is 6. The molecule has 0 bridgehead atoms. The van der Waals surface area contributed by atoms with Gasteiger partial charge in [-0.3, -0.25) is 0 Å². The van der Waals surface area contributed by atoms with Crippen LogP contribution in [-0.4, -0.2) is 58.8 Å². The van der Waals surface area contributed by atoms with Crippen molar-refractivity contribution in [3.8, 4) is 5.75 Å². The molecule has 1 aromatic rings. The fourth-order valence-corrected chi connectivity index (χ4v) is 2.13. The van der Waals surface area contributed by atoms with E-state index in [-0.39, 0.29) is 11.4 Å². The maximum absolute atomic E-state index is 11.2. The maximum Gasteiger partial charge on any atom is 0.190 e. The van der Waals surface area contributed by atoms with Crippen LogP contribution in [-0.2, 0) is 4.74 Å². The third-order valence-corrected chi connectivity index (χ3v) is 3.30. The molecular formula is C12H18N2O7. The van der Waals surface area contributed by atoms with Crippen LogP contribution in [0.4, 0.5) is 11.4 Å².